The third kappa shape index (κ3) is 3.06. The maximum absolute atomic E-state index is 12.1. The molecule has 0 amide bonds. The number of nitrogens with zero attached hydrogens (tertiary/aromatic N) is 4. The van der Waals surface area contributed by atoms with Crippen LogP contribution in [0.15, 0.2) is 16.2 Å². The van der Waals surface area contributed by atoms with Crippen LogP contribution in [0.2, 0.25) is 0 Å². The molecule has 0 saturated carbocycles. The second-order valence-corrected chi connectivity index (χ2v) is 7.68. The van der Waals surface area contributed by atoms with Crippen LogP contribution < -0.4 is 10.7 Å². The minimum absolute atomic E-state index is 0.0816. The molecular formula is C12H17N5O3S2. The van der Waals surface area contributed by atoms with E-state index in [0.29, 0.717) is 43.4 Å². The molecule has 2 aromatic heterocycles. The third-order valence-electron chi connectivity index (χ3n) is 3.71. The van der Waals surface area contributed by atoms with Crippen molar-refractivity contribution >= 4 is 26.5 Å². The predicted molar refractivity (Wildman–Crippen MR) is 84.0 cm³/mol. The van der Waals surface area contributed by atoms with Crippen molar-refractivity contribution in [2.75, 3.05) is 26.2 Å². The van der Waals surface area contributed by atoms with Crippen molar-refractivity contribution in [1.29, 1.82) is 0 Å². The van der Waals surface area contributed by atoms with Crippen LogP contribution in [0.1, 0.15) is 11.4 Å². The van der Waals surface area contributed by atoms with Crippen LogP contribution in [0, 0.1) is 6.92 Å². The van der Waals surface area contributed by atoms with Crippen LogP contribution in [0.4, 0.5) is 0 Å². The van der Waals surface area contributed by atoms with E-state index < -0.39 is 10.2 Å². The number of fused-ring (bicyclic) bond motifs is 1. The molecule has 0 bridgehead atoms. The van der Waals surface area contributed by atoms with Crippen LogP contribution in [0.25, 0.3) is 4.96 Å². The molecule has 0 atom stereocenters. The summed E-state index contributed by atoms with van der Waals surface area (Å²) < 4.78 is 25.4. The largest absolute Gasteiger partial charge is 0.295 e. The van der Waals surface area contributed by atoms with E-state index in [-0.39, 0.29) is 5.56 Å². The zero-order chi connectivity index (χ0) is 15.9. The summed E-state index contributed by atoms with van der Waals surface area (Å²) in [5.74, 6) is 0. The maximum Gasteiger partial charge on any atom is 0.276 e. The Balaban J connectivity index is 1.74. The highest BCUT2D eigenvalue weighted by atomic mass is 32.2. The van der Waals surface area contributed by atoms with Crippen molar-refractivity contribution in [3.8, 4) is 0 Å². The predicted octanol–water partition coefficient (Wildman–Crippen LogP) is -0.614. The van der Waals surface area contributed by atoms with Crippen molar-refractivity contribution in [2.45, 2.75) is 13.5 Å². The van der Waals surface area contributed by atoms with Gasteiger partial charge in [-0.15, -0.1) is 11.3 Å². The van der Waals surface area contributed by atoms with Gasteiger partial charge in [-0.2, -0.15) is 12.7 Å². The SMILES string of the molecule is Cc1csc2nc(CN3CCN(S(N)(=O)=O)CC3)cc(=O)n12. The minimum atomic E-state index is -3.62. The Morgan fingerprint density at radius 3 is 2.64 bits per heavy atom. The van der Waals surface area contributed by atoms with Crippen molar-refractivity contribution in [1.82, 2.24) is 18.6 Å². The molecule has 3 heterocycles. The Morgan fingerprint density at radius 2 is 2.00 bits per heavy atom. The third-order valence-corrected chi connectivity index (χ3v) is 5.73. The molecular weight excluding hydrogens is 326 g/mol. The second kappa shape index (κ2) is 5.70. The number of aryl methyl sites for hydroxylation is 1. The van der Waals surface area contributed by atoms with Gasteiger partial charge in [0.05, 0.1) is 5.69 Å². The molecule has 10 heteroatoms. The first-order valence-electron chi connectivity index (χ1n) is 6.81. The summed E-state index contributed by atoms with van der Waals surface area (Å²) in [6.07, 6.45) is 0. The molecule has 0 aromatic carbocycles. The van der Waals surface area contributed by atoms with E-state index in [0.717, 1.165) is 5.69 Å². The first-order valence-corrected chi connectivity index (χ1v) is 9.20. The van der Waals surface area contributed by atoms with Gasteiger partial charge in [-0.1, -0.05) is 0 Å². The number of hydrogen-bond acceptors (Lipinski definition) is 6. The standard InChI is InChI=1S/C12H17N5O3S2/c1-9-8-21-12-14-10(6-11(18)17(9)12)7-15-2-4-16(5-3-15)22(13,19)20/h6,8H,2-5,7H2,1H3,(H2,13,19,20). The van der Waals surface area contributed by atoms with Gasteiger partial charge in [0.15, 0.2) is 4.96 Å². The number of rotatable bonds is 3. The van der Waals surface area contributed by atoms with Crippen molar-refractivity contribution < 1.29 is 8.42 Å². The summed E-state index contributed by atoms with van der Waals surface area (Å²) in [6, 6.07) is 1.54. The van der Waals surface area contributed by atoms with E-state index in [4.69, 9.17) is 5.14 Å². The van der Waals surface area contributed by atoms with Gasteiger partial charge < -0.3 is 0 Å². The molecule has 2 aromatic rings. The lowest BCUT2D eigenvalue weighted by molar-refractivity contribution is 0.180. The molecule has 3 rings (SSSR count). The van der Waals surface area contributed by atoms with Crippen LogP contribution in [-0.2, 0) is 16.8 Å². The molecule has 2 N–H and O–H groups in total. The Hall–Kier alpha value is -1.33. The van der Waals surface area contributed by atoms with Gasteiger partial charge in [-0.05, 0) is 6.92 Å². The topological polar surface area (TPSA) is 101 Å². The molecule has 1 aliphatic heterocycles. The van der Waals surface area contributed by atoms with Gasteiger partial charge in [0.2, 0.25) is 0 Å². The smallest absolute Gasteiger partial charge is 0.276 e. The second-order valence-electron chi connectivity index (χ2n) is 5.30. The van der Waals surface area contributed by atoms with E-state index in [1.807, 2.05) is 12.3 Å². The molecule has 0 spiro atoms. The Bertz CT molecular complexity index is 849. The Morgan fingerprint density at radius 1 is 1.32 bits per heavy atom. The Labute approximate surface area is 132 Å². The van der Waals surface area contributed by atoms with Crippen molar-refractivity contribution in [2.24, 2.45) is 5.14 Å². The molecule has 0 unspecified atom stereocenters. The van der Waals surface area contributed by atoms with E-state index in [1.54, 1.807) is 10.5 Å². The molecule has 1 aliphatic rings. The molecule has 0 aliphatic carbocycles. The van der Waals surface area contributed by atoms with E-state index in [9.17, 15) is 13.2 Å². The fourth-order valence-corrected chi connectivity index (χ4v) is 4.12. The zero-order valence-corrected chi connectivity index (χ0v) is 13.7. The van der Waals surface area contributed by atoms with Crippen LogP contribution in [0.3, 0.4) is 0 Å². The van der Waals surface area contributed by atoms with Crippen LogP contribution >= 0.6 is 11.3 Å². The van der Waals surface area contributed by atoms with Gasteiger partial charge in [-0.25, -0.2) is 10.1 Å². The summed E-state index contributed by atoms with van der Waals surface area (Å²) >= 11 is 1.44. The lowest BCUT2D eigenvalue weighted by atomic mass is 10.3. The summed E-state index contributed by atoms with van der Waals surface area (Å²) in [5, 5.41) is 7.02. The zero-order valence-electron chi connectivity index (χ0n) is 12.1. The van der Waals surface area contributed by atoms with Gasteiger partial charge in [-0.3, -0.25) is 14.1 Å². The number of nitrogens with two attached hydrogens (primary N) is 1. The molecule has 0 radical (unpaired) electrons. The highest BCUT2D eigenvalue weighted by molar-refractivity contribution is 7.86. The monoisotopic (exact) mass is 343 g/mol. The lowest BCUT2D eigenvalue weighted by Gasteiger charge is -2.32. The highest BCUT2D eigenvalue weighted by Crippen LogP contribution is 2.13. The average molecular weight is 343 g/mol. The Kier molecular flexibility index (Phi) is 4.03. The normalized spacial score (nSPS) is 18.1. The molecule has 8 nitrogen and oxygen atoms in total. The average Bonchev–Trinajstić information content (AvgIpc) is 2.80. The van der Waals surface area contributed by atoms with Crippen molar-refractivity contribution in [3.05, 3.63) is 33.2 Å². The number of hydrogen-bond donors (Lipinski definition) is 1. The minimum Gasteiger partial charge on any atom is -0.295 e. The number of aromatic nitrogens is 2. The van der Waals surface area contributed by atoms with Crippen LogP contribution in [0.5, 0.6) is 0 Å². The lowest BCUT2D eigenvalue weighted by Crippen LogP contribution is -2.50. The molecule has 22 heavy (non-hydrogen) atoms. The van der Waals surface area contributed by atoms with E-state index in [2.05, 4.69) is 9.88 Å². The molecule has 1 fully saturated rings. The van der Waals surface area contributed by atoms with E-state index in [1.165, 1.54) is 15.6 Å². The summed E-state index contributed by atoms with van der Waals surface area (Å²) in [6.45, 7) is 4.26. The van der Waals surface area contributed by atoms with Gasteiger partial charge in [0.1, 0.15) is 0 Å². The summed E-state index contributed by atoms with van der Waals surface area (Å²) in [7, 11) is -3.62. The fourth-order valence-electron chi connectivity index (χ4n) is 2.55. The fraction of sp³-hybridized carbons (Fsp3) is 0.500. The quantitative estimate of drug-likeness (QED) is 0.801. The molecule has 120 valence electrons. The maximum atomic E-state index is 12.1. The molecule has 1 saturated heterocycles. The van der Waals surface area contributed by atoms with Gasteiger partial charge >= 0.3 is 0 Å². The van der Waals surface area contributed by atoms with Crippen molar-refractivity contribution in [3.63, 3.8) is 0 Å². The van der Waals surface area contributed by atoms with Gasteiger partial charge in [0, 0.05) is 49.9 Å². The number of piperazine rings is 1. The van der Waals surface area contributed by atoms with Gasteiger partial charge in [0.25, 0.3) is 15.8 Å². The number of thiazole rings is 1. The van der Waals surface area contributed by atoms with E-state index >= 15 is 0 Å². The first-order chi connectivity index (χ1) is 10.3. The summed E-state index contributed by atoms with van der Waals surface area (Å²) in [4.78, 5) is 19.4. The highest BCUT2D eigenvalue weighted by Gasteiger charge is 2.24. The summed E-state index contributed by atoms with van der Waals surface area (Å²) in [5.41, 5.74) is 1.50. The first kappa shape index (κ1) is 15.6. The van der Waals surface area contributed by atoms with Crippen LogP contribution in [-0.4, -0.2) is 53.2 Å².